The number of aromatic nitrogens is 5. The summed E-state index contributed by atoms with van der Waals surface area (Å²) in [6.45, 7) is 2.22. The van der Waals surface area contributed by atoms with E-state index in [0.717, 1.165) is 83.3 Å². The van der Waals surface area contributed by atoms with Gasteiger partial charge in [0.2, 0.25) is 5.95 Å². The van der Waals surface area contributed by atoms with E-state index in [-0.39, 0.29) is 6.03 Å². The average Bonchev–Trinajstić information content (AvgIpc) is 3.49. The molecule has 10 heteroatoms. The van der Waals surface area contributed by atoms with Crippen molar-refractivity contribution in [2.45, 2.75) is 19.3 Å². The van der Waals surface area contributed by atoms with Crippen LogP contribution < -0.4 is 16.4 Å². The van der Waals surface area contributed by atoms with Crippen LogP contribution in [-0.2, 0) is 0 Å². The summed E-state index contributed by atoms with van der Waals surface area (Å²) in [6, 6.07) is 25.8. The van der Waals surface area contributed by atoms with E-state index in [2.05, 4.69) is 37.7 Å². The molecule has 1 aliphatic heterocycles. The molecule has 1 fully saturated rings. The molecule has 0 bridgehead atoms. The second-order valence-corrected chi connectivity index (χ2v) is 11.2. The van der Waals surface area contributed by atoms with Crippen molar-refractivity contribution in [1.29, 1.82) is 0 Å². The lowest BCUT2D eigenvalue weighted by Gasteiger charge is -2.33. The maximum absolute atomic E-state index is 13.2. The molecule has 0 saturated carbocycles. The number of hydrogen-bond donors (Lipinski definition) is 3. The van der Waals surface area contributed by atoms with Crippen molar-refractivity contribution in [1.82, 2.24) is 29.4 Å². The molecule has 1 saturated heterocycles. The third kappa shape index (κ3) is 5.74. The third-order valence-electron chi connectivity index (χ3n) is 8.22. The fraction of sp³-hybridized carbons (Fsp3) is 0.206. The minimum atomic E-state index is -0.0420. The number of pyridine rings is 1. The Morgan fingerprint density at radius 1 is 0.932 bits per heavy atom. The van der Waals surface area contributed by atoms with Gasteiger partial charge in [0.05, 0.1) is 16.7 Å². The Morgan fingerprint density at radius 2 is 1.80 bits per heavy atom. The van der Waals surface area contributed by atoms with Crippen molar-refractivity contribution in [2.24, 2.45) is 5.92 Å². The summed E-state index contributed by atoms with van der Waals surface area (Å²) in [5.74, 6) is 2.19. The average molecular weight is 584 g/mol. The zero-order chi connectivity index (χ0) is 29.9. The fourth-order valence-corrected chi connectivity index (χ4v) is 5.97. The molecular formula is C34H33N9O. The SMILES string of the molecule is Nc1cc(-c2ccc3c(c2)ncn3-c2ccnc(NCCC3CCCN(C(=O)Nc4cccc5ccccc45)C3)n2)ccn1. The van der Waals surface area contributed by atoms with E-state index in [1.165, 1.54) is 0 Å². The van der Waals surface area contributed by atoms with E-state index in [1.807, 2.05) is 76.2 Å². The number of rotatable bonds is 7. The highest BCUT2D eigenvalue weighted by Crippen LogP contribution is 2.27. The first-order chi connectivity index (χ1) is 21.6. The van der Waals surface area contributed by atoms with Crippen molar-refractivity contribution in [3.05, 3.63) is 97.6 Å². The lowest BCUT2D eigenvalue weighted by Crippen LogP contribution is -2.42. The first kappa shape index (κ1) is 27.3. The molecule has 1 atom stereocenters. The second kappa shape index (κ2) is 12.0. The highest BCUT2D eigenvalue weighted by molar-refractivity contribution is 6.01. The minimum absolute atomic E-state index is 0.0420. The van der Waals surface area contributed by atoms with E-state index in [9.17, 15) is 4.79 Å². The van der Waals surface area contributed by atoms with Gasteiger partial charge in [-0.1, -0.05) is 42.5 Å². The number of imidazole rings is 1. The van der Waals surface area contributed by atoms with Gasteiger partial charge in [-0.2, -0.15) is 4.98 Å². The van der Waals surface area contributed by atoms with Crippen LogP contribution in [0, 0.1) is 5.92 Å². The lowest BCUT2D eigenvalue weighted by molar-refractivity contribution is 0.175. The van der Waals surface area contributed by atoms with Gasteiger partial charge in [-0.05, 0) is 78.1 Å². The predicted molar refractivity (Wildman–Crippen MR) is 175 cm³/mol. The number of nitrogens with zero attached hydrogens (tertiary/aromatic N) is 6. The van der Waals surface area contributed by atoms with Crippen molar-refractivity contribution < 1.29 is 4.79 Å². The predicted octanol–water partition coefficient (Wildman–Crippen LogP) is 6.36. The zero-order valence-electron chi connectivity index (χ0n) is 24.2. The summed E-state index contributed by atoms with van der Waals surface area (Å²) in [6.07, 6.45) is 8.24. The van der Waals surface area contributed by atoms with Gasteiger partial charge in [0, 0.05) is 37.4 Å². The van der Waals surface area contributed by atoms with E-state index < -0.39 is 0 Å². The molecule has 4 N–H and O–H groups in total. The van der Waals surface area contributed by atoms with Crippen molar-refractivity contribution >= 4 is 45.3 Å². The second-order valence-electron chi connectivity index (χ2n) is 11.2. The number of nitrogens with two attached hydrogens (primary N) is 1. The van der Waals surface area contributed by atoms with Crippen molar-refractivity contribution in [3.8, 4) is 16.9 Å². The van der Waals surface area contributed by atoms with Gasteiger partial charge in [0.15, 0.2) is 0 Å². The molecular weight excluding hydrogens is 550 g/mol. The topological polar surface area (TPSA) is 127 Å². The smallest absolute Gasteiger partial charge is 0.321 e. The summed E-state index contributed by atoms with van der Waals surface area (Å²) >= 11 is 0. The van der Waals surface area contributed by atoms with Gasteiger partial charge >= 0.3 is 6.03 Å². The summed E-state index contributed by atoms with van der Waals surface area (Å²) in [5.41, 5.74) is 10.5. The Bertz CT molecular complexity index is 1950. The van der Waals surface area contributed by atoms with E-state index in [1.54, 1.807) is 18.7 Å². The van der Waals surface area contributed by atoms with Crippen LogP contribution in [0.1, 0.15) is 19.3 Å². The summed E-state index contributed by atoms with van der Waals surface area (Å²) in [5, 5.41) is 8.69. The number of carbonyl (C=O) groups excluding carboxylic acids is 1. The highest BCUT2D eigenvalue weighted by atomic mass is 16.2. The lowest BCUT2D eigenvalue weighted by atomic mass is 9.95. The van der Waals surface area contributed by atoms with Crippen molar-refractivity contribution in [3.63, 3.8) is 0 Å². The zero-order valence-corrected chi connectivity index (χ0v) is 24.2. The first-order valence-corrected chi connectivity index (χ1v) is 14.9. The Morgan fingerprint density at radius 3 is 2.73 bits per heavy atom. The number of piperidine rings is 1. The Labute approximate surface area is 255 Å². The van der Waals surface area contributed by atoms with Gasteiger partial charge in [-0.25, -0.2) is 19.7 Å². The highest BCUT2D eigenvalue weighted by Gasteiger charge is 2.24. The van der Waals surface area contributed by atoms with Crippen LogP contribution in [0.15, 0.2) is 97.6 Å². The Kier molecular flexibility index (Phi) is 7.46. The van der Waals surface area contributed by atoms with Crippen LogP contribution in [0.5, 0.6) is 0 Å². The number of likely N-dealkylation sites (tertiary alicyclic amines) is 1. The molecule has 6 aromatic rings. The molecule has 3 aromatic carbocycles. The van der Waals surface area contributed by atoms with Crippen molar-refractivity contribution in [2.75, 3.05) is 36.0 Å². The largest absolute Gasteiger partial charge is 0.384 e. The summed E-state index contributed by atoms with van der Waals surface area (Å²) in [7, 11) is 0. The summed E-state index contributed by atoms with van der Waals surface area (Å²) < 4.78 is 1.96. The normalized spacial score (nSPS) is 15.0. The van der Waals surface area contributed by atoms with Crippen LogP contribution in [0.3, 0.4) is 0 Å². The molecule has 10 nitrogen and oxygen atoms in total. The molecule has 0 spiro atoms. The number of benzene rings is 3. The van der Waals surface area contributed by atoms with Gasteiger partial charge in [-0.15, -0.1) is 0 Å². The molecule has 0 radical (unpaired) electrons. The first-order valence-electron chi connectivity index (χ1n) is 14.9. The number of hydrogen-bond acceptors (Lipinski definition) is 7. The van der Waals surface area contributed by atoms with Crippen LogP contribution in [0.25, 0.3) is 38.8 Å². The monoisotopic (exact) mass is 583 g/mol. The Hall–Kier alpha value is -5.51. The molecule has 4 heterocycles. The number of anilines is 3. The molecule has 2 amide bonds. The maximum atomic E-state index is 13.2. The molecule has 1 aliphatic rings. The summed E-state index contributed by atoms with van der Waals surface area (Å²) in [4.78, 5) is 33.0. The quantitative estimate of drug-likeness (QED) is 0.200. The van der Waals surface area contributed by atoms with Crippen LogP contribution in [0.4, 0.5) is 22.2 Å². The number of urea groups is 1. The van der Waals surface area contributed by atoms with E-state index in [4.69, 9.17) is 10.7 Å². The van der Waals surface area contributed by atoms with Gasteiger partial charge in [0.25, 0.3) is 0 Å². The van der Waals surface area contributed by atoms with E-state index in [0.29, 0.717) is 17.7 Å². The molecule has 220 valence electrons. The van der Waals surface area contributed by atoms with Gasteiger partial charge in [0.1, 0.15) is 18.0 Å². The molecule has 3 aromatic heterocycles. The standard InChI is InChI=1S/C34H33N9O/c35-31-20-26(13-16-36-31)25-10-11-30-29(19-25)39-22-43(30)32-14-17-38-33(41-32)37-15-12-23-5-4-18-42(21-23)34(44)40-28-9-3-7-24-6-1-2-8-27(24)28/h1-3,6-11,13-14,16-17,19-20,22-23H,4-5,12,15,18,21H2,(H2,35,36)(H,40,44)(H,37,38,41). The minimum Gasteiger partial charge on any atom is -0.384 e. The number of fused-ring (bicyclic) bond motifs is 2. The molecule has 44 heavy (non-hydrogen) atoms. The third-order valence-corrected chi connectivity index (χ3v) is 8.22. The van der Waals surface area contributed by atoms with Crippen LogP contribution in [-0.4, -0.2) is 55.1 Å². The molecule has 1 unspecified atom stereocenters. The van der Waals surface area contributed by atoms with Crippen LogP contribution in [0.2, 0.25) is 0 Å². The Balaban J connectivity index is 0.969. The molecule has 7 rings (SSSR count). The number of nitrogens with one attached hydrogen (secondary N) is 2. The number of amides is 2. The fourth-order valence-electron chi connectivity index (χ4n) is 5.97. The number of carbonyl (C=O) groups is 1. The van der Waals surface area contributed by atoms with Gasteiger partial charge < -0.3 is 21.3 Å². The van der Waals surface area contributed by atoms with Gasteiger partial charge in [-0.3, -0.25) is 4.57 Å². The molecule has 0 aliphatic carbocycles. The van der Waals surface area contributed by atoms with Crippen LogP contribution >= 0.6 is 0 Å². The van der Waals surface area contributed by atoms with E-state index >= 15 is 0 Å². The number of nitrogen functional groups attached to an aromatic ring is 1. The maximum Gasteiger partial charge on any atom is 0.321 e.